The van der Waals surface area contributed by atoms with E-state index in [1.54, 1.807) is 17.8 Å². The molecule has 1 aliphatic rings. The molecule has 1 saturated heterocycles. The topological polar surface area (TPSA) is 122 Å². The number of hydrogen-bond donors (Lipinski definition) is 3. The van der Waals surface area contributed by atoms with Crippen LogP contribution >= 0.6 is 23.4 Å². The summed E-state index contributed by atoms with van der Waals surface area (Å²) < 4.78 is 14.7. The van der Waals surface area contributed by atoms with Gasteiger partial charge in [-0.3, -0.25) is 9.69 Å². The van der Waals surface area contributed by atoms with Crippen LogP contribution in [0.1, 0.15) is 32.0 Å². The molecule has 13 heteroatoms. The highest BCUT2D eigenvalue weighted by atomic mass is 35.5. The molecule has 3 unspecified atom stereocenters. The average molecular weight is 617 g/mol. The molecule has 0 radical (unpaired) electrons. The van der Waals surface area contributed by atoms with Gasteiger partial charge in [0.15, 0.2) is 0 Å². The van der Waals surface area contributed by atoms with E-state index in [4.69, 9.17) is 17.3 Å². The SMILES string of the molecule is CC1CN(C(CC(N)=O)c2cc(Nc3cc(-c4cc(Cl)ccc4F)nnc3SCC[Si](C)(C)C)ncn2)CC(C)N1. The van der Waals surface area contributed by atoms with Crippen LogP contribution < -0.4 is 16.4 Å². The van der Waals surface area contributed by atoms with Gasteiger partial charge in [-0.1, -0.05) is 31.2 Å². The van der Waals surface area contributed by atoms with Crippen LogP contribution in [0.2, 0.25) is 30.7 Å². The van der Waals surface area contributed by atoms with Crippen LogP contribution in [0.5, 0.6) is 0 Å². The Bertz CT molecular complexity index is 1370. The predicted octanol–water partition coefficient (Wildman–Crippen LogP) is 5.50. The molecule has 1 fully saturated rings. The molecule has 9 nitrogen and oxygen atoms in total. The average Bonchev–Trinajstić information content (AvgIpc) is 2.88. The summed E-state index contributed by atoms with van der Waals surface area (Å²) >= 11 is 7.76. The van der Waals surface area contributed by atoms with Gasteiger partial charge in [-0.2, -0.15) is 0 Å². The monoisotopic (exact) mass is 616 g/mol. The summed E-state index contributed by atoms with van der Waals surface area (Å²) in [6.45, 7) is 12.7. The van der Waals surface area contributed by atoms with Crippen LogP contribution in [-0.2, 0) is 4.79 Å². The van der Waals surface area contributed by atoms with Gasteiger partial charge in [0, 0.05) is 56.3 Å². The molecule has 4 N–H and O–H groups in total. The maximum absolute atomic E-state index is 14.7. The summed E-state index contributed by atoms with van der Waals surface area (Å²) in [6, 6.07) is 9.29. The van der Waals surface area contributed by atoms with Crippen molar-refractivity contribution >= 4 is 48.8 Å². The second-order valence-corrected chi connectivity index (χ2v) is 18.9. The summed E-state index contributed by atoms with van der Waals surface area (Å²) in [4.78, 5) is 23.3. The lowest BCUT2D eigenvalue weighted by Crippen LogP contribution is -2.55. The largest absolute Gasteiger partial charge is 0.370 e. The Kier molecular flexibility index (Phi) is 10.3. The number of benzene rings is 1. The smallest absolute Gasteiger partial charge is 0.219 e. The molecule has 3 heterocycles. The number of carbonyl (C=O) groups excluding carboxylic acids is 1. The van der Waals surface area contributed by atoms with E-state index in [9.17, 15) is 9.18 Å². The van der Waals surface area contributed by atoms with Crippen molar-refractivity contribution in [2.24, 2.45) is 5.73 Å². The van der Waals surface area contributed by atoms with E-state index in [1.807, 2.05) is 6.07 Å². The van der Waals surface area contributed by atoms with E-state index in [1.165, 1.54) is 24.5 Å². The molecule has 3 aromatic rings. The van der Waals surface area contributed by atoms with Gasteiger partial charge in [0.1, 0.15) is 23.0 Å². The van der Waals surface area contributed by atoms with E-state index in [-0.39, 0.29) is 30.1 Å². The first-order chi connectivity index (χ1) is 19.4. The van der Waals surface area contributed by atoms with Crippen LogP contribution in [0.25, 0.3) is 11.3 Å². The molecule has 41 heavy (non-hydrogen) atoms. The Hall–Kier alpha value is -2.64. The van der Waals surface area contributed by atoms with Gasteiger partial charge in [0.2, 0.25) is 5.91 Å². The Balaban J connectivity index is 1.67. The second-order valence-electron chi connectivity index (χ2n) is 11.8. The van der Waals surface area contributed by atoms with Gasteiger partial charge >= 0.3 is 0 Å². The van der Waals surface area contributed by atoms with Crippen molar-refractivity contribution in [3.05, 3.63) is 53.2 Å². The van der Waals surface area contributed by atoms with Crippen LogP contribution in [0, 0.1) is 5.82 Å². The van der Waals surface area contributed by atoms with E-state index < -0.39 is 19.8 Å². The van der Waals surface area contributed by atoms with Crippen LogP contribution in [0.15, 0.2) is 41.7 Å². The third-order valence-electron chi connectivity index (χ3n) is 6.77. The highest BCUT2D eigenvalue weighted by Gasteiger charge is 2.30. The number of carbonyl (C=O) groups is 1. The quantitative estimate of drug-likeness (QED) is 0.189. The van der Waals surface area contributed by atoms with Gasteiger partial charge in [-0.05, 0) is 49.9 Å². The third-order valence-corrected chi connectivity index (χ3v) is 10.1. The maximum atomic E-state index is 14.7. The van der Waals surface area contributed by atoms with Crippen molar-refractivity contribution < 1.29 is 9.18 Å². The number of piperazine rings is 1. The van der Waals surface area contributed by atoms with Crippen molar-refractivity contribution in [3.8, 4) is 11.3 Å². The van der Waals surface area contributed by atoms with Crippen LogP contribution in [0.3, 0.4) is 0 Å². The molecule has 1 amide bonds. The summed E-state index contributed by atoms with van der Waals surface area (Å²) in [5.74, 6) is 0.582. The van der Waals surface area contributed by atoms with E-state index >= 15 is 0 Å². The molecule has 0 aliphatic carbocycles. The fraction of sp³-hybridized carbons (Fsp3) is 0.464. The van der Waals surface area contributed by atoms with E-state index in [0.717, 1.165) is 24.9 Å². The first-order valence-corrected chi connectivity index (χ1v) is 18.8. The maximum Gasteiger partial charge on any atom is 0.219 e. The number of aromatic nitrogens is 4. The number of halogens is 2. The molecule has 4 rings (SSSR count). The first kappa shape index (κ1) is 31.3. The number of amides is 1. The van der Waals surface area contributed by atoms with Gasteiger partial charge in [0.05, 0.1) is 23.1 Å². The van der Waals surface area contributed by atoms with Crippen molar-refractivity contribution in [1.82, 2.24) is 30.4 Å². The molecule has 1 aliphatic heterocycles. The van der Waals surface area contributed by atoms with Gasteiger partial charge < -0.3 is 16.4 Å². The molecule has 0 spiro atoms. The van der Waals surface area contributed by atoms with E-state index in [2.05, 4.69) is 69.2 Å². The van der Waals surface area contributed by atoms with Crippen LogP contribution in [0.4, 0.5) is 15.9 Å². The highest BCUT2D eigenvalue weighted by molar-refractivity contribution is 7.99. The Morgan fingerprint density at radius 3 is 2.61 bits per heavy atom. The summed E-state index contributed by atoms with van der Waals surface area (Å²) in [5, 5.41) is 16.8. The van der Waals surface area contributed by atoms with Gasteiger partial charge in [-0.15, -0.1) is 22.0 Å². The molecule has 2 aromatic heterocycles. The molecule has 1 aromatic carbocycles. The predicted molar refractivity (Wildman–Crippen MR) is 167 cm³/mol. The minimum Gasteiger partial charge on any atom is -0.370 e. The summed E-state index contributed by atoms with van der Waals surface area (Å²) in [5.41, 5.74) is 7.62. The van der Waals surface area contributed by atoms with E-state index in [0.29, 0.717) is 32.9 Å². The fourth-order valence-electron chi connectivity index (χ4n) is 4.85. The molecular formula is C28H38ClFN8OSSi. The van der Waals surface area contributed by atoms with Gasteiger partial charge in [-0.25, -0.2) is 14.4 Å². The first-order valence-electron chi connectivity index (χ1n) is 13.7. The Labute approximate surface area is 251 Å². The number of nitrogens with two attached hydrogens (primary N) is 1. The number of primary amides is 1. The normalized spacial score (nSPS) is 18.7. The standard InChI is InChI=1S/C28H38ClFN8OSSi/c1-17-14-38(15-18(2)34-17)25(13-26(31)39)23-12-27(33-16-32-23)35-24-11-22(20-10-19(29)6-7-21(20)30)36-37-28(24)40-8-9-41(3,4)5/h6-7,10-12,16-18,25,34H,8-9,13-15H2,1-5H3,(H2,31,39)(H,32,33,35,36). The number of nitrogens with one attached hydrogen (secondary N) is 2. The van der Waals surface area contributed by atoms with Crippen molar-refractivity contribution in [1.29, 1.82) is 0 Å². The lowest BCUT2D eigenvalue weighted by atomic mass is 10.0. The Morgan fingerprint density at radius 1 is 1.20 bits per heavy atom. The number of hydrogen-bond acceptors (Lipinski definition) is 9. The lowest BCUT2D eigenvalue weighted by Gasteiger charge is -2.40. The summed E-state index contributed by atoms with van der Waals surface area (Å²) in [6.07, 6.45) is 1.62. The molecular weight excluding hydrogens is 579 g/mol. The summed E-state index contributed by atoms with van der Waals surface area (Å²) in [7, 11) is -1.26. The second kappa shape index (κ2) is 13.6. The van der Waals surface area contributed by atoms with Gasteiger partial charge in [0.25, 0.3) is 0 Å². The van der Waals surface area contributed by atoms with Crippen molar-refractivity contribution in [2.75, 3.05) is 24.2 Å². The number of rotatable bonds is 11. The Morgan fingerprint density at radius 2 is 1.93 bits per heavy atom. The minimum absolute atomic E-state index is 0.142. The van der Waals surface area contributed by atoms with Crippen molar-refractivity contribution in [3.63, 3.8) is 0 Å². The zero-order valence-corrected chi connectivity index (χ0v) is 26.7. The highest BCUT2D eigenvalue weighted by Crippen LogP contribution is 2.34. The molecule has 0 saturated carbocycles. The minimum atomic E-state index is -1.26. The lowest BCUT2D eigenvalue weighted by molar-refractivity contribution is -0.119. The zero-order valence-electron chi connectivity index (χ0n) is 24.1. The number of nitrogens with zero attached hydrogens (tertiary/aromatic N) is 5. The molecule has 220 valence electrons. The number of thioether (sulfide) groups is 1. The number of anilines is 2. The van der Waals surface area contributed by atoms with Crippen molar-refractivity contribution in [2.45, 2.75) is 69.1 Å². The fourth-order valence-corrected chi connectivity index (χ4v) is 8.44. The zero-order chi connectivity index (χ0) is 29.7. The molecule has 3 atom stereocenters. The third kappa shape index (κ3) is 8.92. The van der Waals surface area contributed by atoms with Crippen LogP contribution in [-0.4, -0.2) is 70.0 Å². The molecule has 0 bridgehead atoms.